The van der Waals surface area contributed by atoms with Crippen molar-refractivity contribution >= 4 is 29.5 Å². The number of morpholine rings is 1. The number of aliphatic hydroxyl groups excluding tert-OH is 1. The first-order valence-corrected chi connectivity index (χ1v) is 13.2. The van der Waals surface area contributed by atoms with E-state index in [0.29, 0.717) is 39.3 Å². The highest BCUT2D eigenvalue weighted by Gasteiger charge is 2.76. The molecule has 10 heteroatoms. The van der Waals surface area contributed by atoms with E-state index in [1.165, 1.54) is 0 Å². The number of hydrogen-bond acceptors (Lipinski definition) is 7. The van der Waals surface area contributed by atoms with Gasteiger partial charge in [0.15, 0.2) is 0 Å². The Labute approximate surface area is 200 Å². The van der Waals surface area contributed by atoms with Crippen LogP contribution in [0.5, 0.6) is 0 Å². The number of likely N-dealkylation sites (tertiary alicyclic amines) is 1. The SMILES string of the molecule is CCCNC(=O)[C@@H]1[C@H]2C(=O)N(CCCO)C(C(=O)NCCN3CCOCC3)C23CC[C@@]1(C)S3. The molecule has 4 heterocycles. The van der Waals surface area contributed by atoms with Crippen molar-refractivity contribution in [3.8, 4) is 0 Å². The maximum atomic E-state index is 13.7. The van der Waals surface area contributed by atoms with Crippen LogP contribution in [0.3, 0.4) is 0 Å². The molecule has 33 heavy (non-hydrogen) atoms. The van der Waals surface area contributed by atoms with Gasteiger partial charge in [-0.2, -0.15) is 0 Å². The van der Waals surface area contributed by atoms with Crippen LogP contribution in [0.2, 0.25) is 0 Å². The van der Waals surface area contributed by atoms with Gasteiger partial charge in [0.1, 0.15) is 6.04 Å². The van der Waals surface area contributed by atoms with Gasteiger partial charge in [0.2, 0.25) is 17.7 Å². The highest BCUT2D eigenvalue weighted by molar-refractivity contribution is 8.02. The van der Waals surface area contributed by atoms with Crippen LogP contribution in [-0.4, -0.2) is 107 Å². The predicted octanol–water partition coefficient (Wildman–Crippen LogP) is -0.175. The number of rotatable bonds is 10. The minimum Gasteiger partial charge on any atom is -0.396 e. The lowest BCUT2D eigenvalue weighted by Gasteiger charge is -2.35. The minimum atomic E-state index is -0.609. The molecule has 4 aliphatic heterocycles. The van der Waals surface area contributed by atoms with Gasteiger partial charge in [0.25, 0.3) is 0 Å². The van der Waals surface area contributed by atoms with Gasteiger partial charge in [0, 0.05) is 50.6 Å². The summed E-state index contributed by atoms with van der Waals surface area (Å²) in [5.41, 5.74) is 0. The van der Waals surface area contributed by atoms with Gasteiger partial charge in [-0.25, -0.2) is 0 Å². The quantitative estimate of drug-likeness (QED) is 0.396. The van der Waals surface area contributed by atoms with Gasteiger partial charge >= 0.3 is 0 Å². The molecule has 9 nitrogen and oxygen atoms in total. The van der Waals surface area contributed by atoms with E-state index in [0.717, 1.165) is 38.9 Å². The van der Waals surface area contributed by atoms with Crippen molar-refractivity contribution in [2.24, 2.45) is 11.8 Å². The summed E-state index contributed by atoms with van der Waals surface area (Å²) in [4.78, 5) is 44.3. The third kappa shape index (κ3) is 4.39. The molecule has 4 fully saturated rings. The zero-order valence-electron chi connectivity index (χ0n) is 19.8. The molecule has 0 aromatic rings. The summed E-state index contributed by atoms with van der Waals surface area (Å²) in [6.45, 7) is 9.36. The van der Waals surface area contributed by atoms with Crippen molar-refractivity contribution in [3.05, 3.63) is 0 Å². The average molecular weight is 483 g/mol. The zero-order chi connectivity index (χ0) is 23.6. The van der Waals surface area contributed by atoms with Gasteiger partial charge in [0.05, 0.1) is 29.8 Å². The third-order valence-electron chi connectivity index (χ3n) is 7.74. The molecule has 2 bridgehead atoms. The smallest absolute Gasteiger partial charge is 0.244 e. The first-order valence-electron chi connectivity index (χ1n) is 12.3. The molecule has 4 saturated heterocycles. The van der Waals surface area contributed by atoms with Gasteiger partial charge in [-0.15, -0.1) is 11.8 Å². The van der Waals surface area contributed by atoms with Crippen molar-refractivity contribution in [1.82, 2.24) is 20.4 Å². The van der Waals surface area contributed by atoms with E-state index in [4.69, 9.17) is 4.74 Å². The van der Waals surface area contributed by atoms with Crippen LogP contribution in [0.1, 0.15) is 39.5 Å². The van der Waals surface area contributed by atoms with E-state index in [-0.39, 0.29) is 29.1 Å². The van der Waals surface area contributed by atoms with Gasteiger partial charge < -0.3 is 25.4 Å². The molecule has 0 aromatic carbocycles. The van der Waals surface area contributed by atoms with Crippen LogP contribution in [0, 0.1) is 11.8 Å². The van der Waals surface area contributed by atoms with Crippen molar-refractivity contribution in [2.75, 3.05) is 59.1 Å². The fourth-order valence-electron chi connectivity index (χ4n) is 6.23. The van der Waals surface area contributed by atoms with E-state index < -0.39 is 22.6 Å². The standard InChI is InChI=1S/C23H38N4O5S/c1-3-7-24-19(29)16-17-21(31)27(9-4-13-28)18(23(17)6-5-22(16,2)33-23)20(30)25-8-10-26-11-14-32-15-12-26/h16-18,28H,3-15H2,1-2H3,(H,24,29)(H,25,30)/t16-,17-,18?,22+,23?/m0/s1. The minimum absolute atomic E-state index is 0.0436. The zero-order valence-corrected chi connectivity index (χ0v) is 20.6. The molecule has 0 aromatic heterocycles. The maximum absolute atomic E-state index is 13.7. The molecule has 186 valence electrons. The van der Waals surface area contributed by atoms with E-state index in [1.807, 2.05) is 6.92 Å². The van der Waals surface area contributed by atoms with Crippen molar-refractivity contribution < 1.29 is 24.2 Å². The Balaban J connectivity index is 1.54. The molecule has 5 atom stereocenters. The van der Waals surface area contributed by atoms with Crippen LogP contribution >= 0.6 is 11.8 Å². The van der Waals surface area contributed by atoms with Crippen molar-refractivity contribution in [2.45, 2.75) is 55.1 Å². The summed E-state index contributed by atoms with van der Waals surface area (Å²) in [7, 11) is 0. The second kappa shape index (κ2) is 10.1. The molecule has 0 radical (unpaired) electrons. The maximum Gasteiger partial charge on any atom is 0.244 e. The topological polar surface area (TPSA) is 111 Å². The summed E-state index contributed by atoms with van der Waals surface area (Å²) in [6, 6.07) is -0.609. The molecule has 3 amide bonds. The monoisotopic (exact) mass is 482 g/mol. The van der Waals surface area contributed by atoms with Crippen LogP contribution in [0.25, 0.3) is 0 Å². The Morgan fingerprint density at radius 3 is 2.58 bits per heavy atom. The molecule has 0 aliphatic carbocycles. The van der Waals surface area contributed by atoms with Crippen molar-refractivity contribution in [3.63, 3.8) is 0 Å². The summed E-state index contributed by atoms with van der Waals surface area (Å²) in [5, 5.41) is 15.5. The third-order valence-corrected chi connectivity index (χ3v) is 9.73. The first kappa shape index (κ1) is 24.8. The lowest BCUT2D eigenvalue weighted by Crippen LogP contribution is -2.55. The number of carbonyl (C=O) groups is 3. The molecule has 0 saturated carbocycles. The summed E-state index contributed by atoms with van der Waals surface area (Å²) >= 11 is 1.69. The Bertz CT molecular complexity index is 763. The average Bonchev–Trinajstić information content (AvgIpc) is 3.37. The Kier molecular flexibility index (Phi) is 7.57. The fraction of sp³-hybridized carbons (Fsp3) is 0.870. The number of hydrogen-bond donors (Lipinski definition) is 3. The lowest BCUT2D eigenvalue weighted by atomic mass is 9.66. The number of amides is 3. The molecular weight excluding hydrogens is 444 g/mol. The second-order valence-corrected chi connectivity index (χ2v) is 11.8. The van der Waals surface area contributed by atoms with E-state index in [2.05, 4.69) is 22.5 Å². The van der Waals surface area contributed by atoms with Crippen LogP contribution in [-0.2, 0) is 19.1 Å². The molecule has 2 unspecified atom stereocenters. The van der Waals surface area contributed by atoms with Crippen LogP contribution < -0.4 is 10.6 Å². The fourth-order valence-corrected chi connectivity index (χ4v) is 8.58. The molecule has 4 aliphatic rings. The van der Waals surface area contributed by atoms with E-state index in [1.54, 1.807) is 16.7 Å². The highest BCUT2D eigenvalue weighted by atomic mass is 32.2. The summed E-state index contributed by atoms with van der Waals surface area (Å²) in [6.07, 6.45) is 2.82. The van der Waals surface area contributed by atoms with Gasteiger partial charge in [-0.1, -0.05) is 6.92 Å². The van der Waals surface area contributed by atoms with Gasteiger partial charge in [-0.3, -0.25) is 19.3 Å². The Hall–Kier alpha value is -1.36. The van der Waals surface area contributed by atoms with E-state index in [9.17, 15) is 19.5 Å². The number of ether oxygens (including phenoxy) is 1. The molecule has 1 spiro atoms. The number of nitrogens with one attached hydrogen (secondary N) is 2. The molecule has 4 rings (SSSR count). The molecular formula is C23H38N4O5S. The number of fused-ring (bicyclic) bond motifs is 1. The molecule has 3 N–H and O–H groups in total. The van der Waals surface area contributed by atoms with E-state index >= 15 is 0 Å². The number of thioether (sulfide) groups is 1. The summed E-state index contributed by atoms with van der Waals surface area (Å²) in [5.74, 6) is -1.24. The highest BCUT2D eigenvalue weighted by Crippen LogP contribution is 2.71. The Morgan fingerprint density at radius 1 is 1.15 bits per heavy atom. The second-order valence-electron chi connectivity index (χ2n) is 9.87. The van der Waals surface area contributed by atoms with Crippen molar-refractivity contribution in [1.29, 1.82) is 0 Å². The Morgan fingerprint density at radius 2 is 1.88 bits per heavy atom. The number of nitrogens with zero attached hydrogens (tertiary/aromatic N) is 2. The van der Waals surface area contributed by atoms with Crippen LogP contribution in [0.4, 0.5) is 0 Å². The lowest BCUT2D eigenvalue weighted by molar-refractivity contribution is -0.140. The first-order chi connectivity index (χ1) is 15.9. The summed E-state index contributed by atoms with van der Waals surface area (Å²) < 4.78 is 4.46. The normalized spacial score (nSPS) is 35.7. The largest absolute Gasteiger partial charge is 0.396 e. The number of aliphatic hydroxyl groups is 1. The predicted molar refractivity (Wildman–Crippen MR) is 126 cm³/mol. The van der Waals surface area contributed by atoms with Crippen LogP contribution in [0.15, 0.2) is 0 Å². The van der Waals surface area contributed by atoms with Gasteiger partial charge in [-0.05, 0) is 32.6 Å². The number of carbonyl (C=O) groups excluding carboxylic acids is 3.